The Morgan fingerprint density at radius 2 is 1.61 bits per heavy atom. The third kappa shape index (κ3) is 3.33. The third-order valence-electron chi connectivity index (χ3n) is 4.00. The zero-order valence-electron chi connectivity index (χ0n) is 12.7. The second kappa shape index (κ2) is 6.35. The molecule has 0 fully saturated rings. The Hall–Kier alpha value is -0.860. The Bertz CT molecular complexity index is 396. The van der Waals surface area contributed by atoms with Crippen molar-refractivity contribution in [1.82, 2.24) is 5.32 Å². The molecule has 0 aliphatic heterocycles. The molecule has 0 saturated carbocycles. The van der Waals surface area contributed by atoms with Crippen LogP contribution < -0.4 is 11.1 Å². The Labute approximate surface area is 112 Å². The fourth-order valence-electron chi connectivity index (χ4n) is 2.59. The van der Waals surface area contributed by atoms with E-state index < -0.39 is 0 Å². The summed E-state index contributed by atoms with van der Waals surface area (Å²) in [5.74, 6) is 1.05. The first-order chi connectivity index (χ1) is 8.38. The highest BCUT2D eigenvalue weighted by atomic mass is 14.8. The van der Waals surface area contributed by atoms with Gasteiger partial charge in [-0.05, 0) is 68.5 Å². The minimum Gasteiger partial charge on any atom is -0.324 e. The maximum absolute atomic E-state index is 6.51. The predicted octanol–water partition coefficient (Wildman–Crippen LogP) is 3.10. The van der Waals surface area contributed by atoms with Crippen LogP contribution in [0.2, 0.25) is 0 Å². The van der Waals surface area contributed by atoms with Crippen molar-refractivity contribution in [3.05, 3.63) is 34.4 Å². The molecule has 0 aromatic heterocycles. The zero-order valence-corrected chi connectivity index (χ0v) is 12.7. The van der Waals surface area contributed by atoms with Crippen molar-refractivity contribution >= 4 is 0 Å². The van der Waals surface area contributed by atoms with Gasteiger partial charge in [0, 0.05) is 6.04 Å². The van der Waals surface area contributed by atoms with Crippen molar-refractivity contribution < 1.29 is 0 Å². The summed E-state index contributed by atoms with van der Waals surface area (Å²) >= 11 is 0. The number of benzene rings is 1. The van der Waals surface area contributed by atoms with E-state index in [1.807, 2.05) is 7.05 Å². The van der Waals surface area contributed by atoms with Crippen LogP contribution >= 0.6 is 0 Å². The second-order valence-electron chi connectivity index (χ2n) is 5.78. The summed E-state index contributed by atoms with van der Waals surface area (Å²) in [5, 5.41) is 3.27. The fourth-order valence-corrected chi connectivity index (χ4v) is 2.59. The number of nitrogens with one attached hydrogen (secondary N) is 1. The molecule has 0 aliphatic carbocycles. The van der Waals surface area contributed by atoms with Crippen LogP contribution in [0.15, 0.2) is 12.1 Å². The van der Waals surface area contributed by atoms with Crippen LogP contribution in [0.4, 0.5) is 0 Å². The van der Waals surface area contributed by atoms with Gasteiger partial charge in [-0.15, -0.1) is 0 Å². The Balaban J connectivity index is 3.08. The second-order valence-corrected chi connectivity index (χ2v) is 5.78. The van der Waals surface area contributed by atoms with Crippen molar-refractivity contribution in [3.63, 3.8) is 0 Å². The smallest absolute Gasteiger partial charge is 0.0340 e. The van der Waals surface area contributed by atoms with Gasteiger partial charge in [0.1, 0.15) is 0 Å². The summed E-state index contributed by atoms with van der Waals surface area (Å²) in [6, 6.07) is 4.62. The summed E-state index contributed by atoms with van der Waals surface area (Å²) in [7, 11) is 2.00. The first kappa shape index (κ1) is 15.2. The average Bonchev–Trinajstić information content (AvgIpc) is 2.29. The maximum Gasteiger partial charge on any atom is 0.0340 e. The highest BCUT2D eigenvalue weighted by Crippen LogP contribution is 2.29. The molecular weight excluding hydrogens is 220 g/mol. The molecule has 2 nitrogen and oxygen atoms in total. The topological polar surface area (TPSA) is 38.0 Å². The lowest BCUT2D eigenvalue weighted by molar-refractivity contribution is 0.313. The molecule has 1 aromatic carbocycles. The molecule has 1 aromatic rings. The Kier molecular flexibility index (Phi) is 5.36. The number of aryl methyl sites for hydroxylation is 3. The van der Waals surface area contributed by atoms with E-state index in [0.717, 1.165) is 6.54 Å². The molecule has 2 atom stereocenters. The molecule has 102 valence electrons. The first-order valence-electron chi connectivity index (χ1n) is 6.86. The van der Waals surface area contributed by atoms with Crippen LogP contribution in [0.25, 0.3) is 0 Å². The zero-order chi connectivity index (χ0) is 13.9. The molecule has 18 heavy (non-hydrogen) atoms. The van der Waals surface area contributed by atoms with Gasteiger partial charge in [-0.2, -0.15) is 0 Å². The molecule has 0 amide bonds. The molecule has 2 heteroatoms. The molecule has 3 N–H and O–H groups in total. The standard InChI is InChI=1S/C16H28N2/c1-10(2)15(9-18-6)16(17)14-8-12(4)11(3)7-13(14)5/h7-8,10,15-16,18H,9,17H2,1-6H3. The van der Waals surface area contributed by atoms with Crippen LogP contribution in [-0.2, 0) is 0 Å². The van der Waals surface area contributed by atoms with Crippen LogP contribution in [0.5, 0.6) is 0 Å². The largest absolute Gasteiger partial charge is 0.324 e. The van der Waals surface area contributed by atoms with Gasteiger partial charge in [-0.25, -0.2) is 0 Å². The van der Waals surface area contributed by atoms with E-state index in [9.17, 15) is 0 Å². The molecule has 0 heterocycles. The van der Waals surface area contributed by atoms with Crippen LogP contribution in [0.1, 0.15) is 42.1 Å². The van der Waals surface area contributed by atoms with Gasteiger partial charge in [-0.3, -0.25) is 0 Å². The Morgan fingerprint density at radius 1 is 1.06 bits per heavy atom. The highest BCUT2D eigenvalue weighted by Gasteiger charge is 2.23. The van der Waals surface area contributed by atoms with Gasteiger partial charge < -0.3 is 11.1 Å². The lowest BCUT2D eigenvalue weighted by Crippen LogP contribution is -2.33. The summed E-state index contributed by atoms with van der Waals surface area (Å²) in [6.45, 7) is 11.9. The number of hydrogen-bond acceptors (Lipinski definition) is 2. The van der Waals surface area contributed by atoms with E-state index in [-0.39, 0.29) is 6.04 Å². The molecule has 0 saturated heterocycles. The quantitative estimate of drug-likeness (QED) is 0.840. The van der Waals surface area contributed by atoms with Crippen LogP contribution in [0, 0.1) is 32.6 Å². The fraction of sp³-hybridized carbons (Fsp3) is 0.625. The van der Waals surface area contributed by atoms with E-state index in [2.05, 4.69) is 52.1 Å². The molecule has 2 unspecified atom stereocenters. The number of hydrogen-bond donors (Lipinski definition) is 2. The predicted molar refractivity (Wildman–Crippen MR) is 79.8 cm³/mol. The molecule has 0 radical (unpaired) electrons. The van der Waals surface area contributed by atoms with Crippen molar-refractivity contribution in [2.75, 3.05) is 13.6 Å². The summed E-state index contributed by atoms with van der Waals surface area (Å²) in [4.78, 5) is 0. The number of rotatable bonds is 5. The maximum atomic E-state index is 6.51. The van der Waals surface area contributed by atoms with Crippen molar-refractivity contribution in [2.24, 2.45) is 17.6 Å². The SMILES string of the molecule is CNCC(C(C)C)C(N)c1cc(C)c(C)cc1C. The first-order valence-corrected chi connectivity index (χ1v) is 6.86. The van der Waals surface area contributed by atoms with Crippen molar-refractivity contribution in [2.45, 2.75) is 40.7 Å². The van der Waals surface area contributed by atoms with E-state index in [4.69, 9.17) is 5.73 Å². The average molecular weight is 248 g/mol. The van der Waals surface area contributed by atoms with E-state index in [1.54, 1.807) is 0 Å². The Morgan fingerprint density at radius 3 is 2.11 bits per heavy atom. The van der Waals surface area contributed by atoms with Gasteiger partial charge in [-0.1, -0.05) is 26.0 Å². The van der Waals surface area contributed by atoms with Gasteiger partial charge >= 0.3 is 0 Å². The minimum atomic E-state index is 0.108. The molecule has 0 spiro atoms. The third-order valence-corrected chi connectivity index (χ3v) is 4.00. The highest BCUT2D eigenvalue weighted by molar-refractivity contribution is 5.38. The van der Waals surface area contributed by atoms with Gasteiger partial charge in [0.25, 0.3) is 0 Å². The minimum absolute atomic E-state index is 0.108. The van der Waals surface area contributed by atoms with E-state index >= 15 is 0 Å². The molecule has 0 bridgehead atoms. The summed E-state index contributed by atoms with van der Waals surface area (Å²) < 4.78 is 0. The van der Waals surface area contributed by atoms with Crippen molar-refractivity contribution in [1.29, 1.82) is 0 Å². The summed E-state index contributed by atoms with van der Waals surface area (Å²) in [5.41, 5.74) is 11.8. The van der Waals surface area contributed by atoms with Crippen molar-refractivity contribution in [3.8, 4) is 0 Å². The lowest BCUT2D eigenvalue weighted by atomic mass is 9.82. The molecule has 1 rings (SSSR count). The molecule has 0 aliphatic rings. The van der Waals surface area contributed by atoms with Gasteiger partial charge in [0.05, 0.1) is 0 Å². The van der Waals surface area contributed by atoms with Crippen LogP contribution in [0.3, 0.4) is 0 Å². The van der Waals surface area contributed by atoms with Gasteiger partial charge in [0.15, 0.2) is 0 Å². The normalized spacial score (nSPS) is 14.9. The monoisotopic (exact) mass is 248 g/mol. The lowest BCUT2D eigenvalue weighted by Gasteiger charge is -2.29. The summed E-state index contributed by atoms with van der Waals surface area (Å²) in [6.07, 6.45) is 0. The number of nitrogens with two attached hydrogens (primary N) is 1. The van der Waals surface area contributed by atoms with Crippen LogP contribution in [-0.4, -0.2) is 13.6 Å². The molecular formula is C16H28N2. The van der Waals surface area contributed by atoms with Gasteiger partial charge in [0.2, 0.25) is 0 Å². The van der Waals surface area contributed by atoms with E-state index in [1.165, 1.54) is 22.3 Å². The van der Waals surface area contributed by atoms with E-state index in [0.29, 0.717) is 11.8 Å².